The van der Waals surface area contributed by atoms with E-state index < -0.39 is 5.97 Å². The first-order chi connectivity index (χ1) is 11.7. The third kappa shape index (κ3) is 3.33. The van der Waals surface area contributed by atoms with Gasteiger partial charge in [-0.25, -0.2) is 9.59 Å². The highest BCUT2D eigenvalue weighted by Crippen LogP contribution is 2.21. The van der Waals surface area contributed by atoms with Crippen molar-refractivity contribution in [1.29, 1.82) is 0 Å². The summed E-state index contributed by atoms with van der Waals surface area (Å²) in [6, 6.07) is 15.4. The highest BCUT2D eigenvalue weighted by atomic mass is 16.5. The van der Waals surface area contributed by atoms with Crippen LogP contribution in [0.4, 0.5) is 16.2 Å². The Morgan fingerprint density at radius 3 is 2.46 bits per heavy atom. The standard InChI is InChI=1S/C18H15N3O3/c1-24-17(22)13-7-9-14(10-8-13)20-18(23)21-15-6-2-4-12-5-3-11-19-16(12)15/h2-11H,1H3,(H2,20,21,23). The van der Waals surface area contributed by atoms with Gasteiger partial charge in [0.15, 0.2) is 0 Å². The molecular formula is C18H15N3O3. The summed E-state index contributed by atoms with van der Waals surface area (Å²) < 4.78 is 4.63. The summed E-state index contributed by atoms with van der Waals surface area (Å²) in [6.07, 6.45) is 1.68. The van der Waals surface area contributed by atoms with Crippen LogP contribution in [0.15, 0.2) is 60.8 Å². The molecule has 0 aliphatic rings. The van der Waals surface area contributed by atoms with Crippen LogP contribution in [0.3, 0.4) is 0 Å². The van der Waals surface area contributed by atoms with Crippen molar-refractivity contribution >= 4 is 34.3 Å². The molecule has 0 bridgehead atoms. The number of ether oxygens (including phenoxy) is 1. The molecule has 6 nitrogen and oxygen atoms in total. The minimum absolute atomic E-state index is 0.390. The molecule has 0 unspecified atom stereocenters. The van der Waals surface area contributed by atoms with Crippen molar-refractivity contribution in [2.75, 3.05) is 17.7 Å². The first-order valence-corrected chi connectivity index (χ1v) is 7.27. The van der Waals surface area contributed by atoms with Gasteiger partial charge in [-0.3, -0.25) is 4.98 Å². The van der Waals surface area contributed by atoms with Crippen LogP contribution in [0.1, 0.15) is 10.4 Å². The van der Waals surface area contributed by atoms with Crippen molar-refractivity contribution in [3.63, 3.8) is 0 Å². The lowest BCUT2D eigenvalue weighted by molar-refractivity contribution is 0.0601. The Labute approximate surface area is 138 Å². The SMILES string of the molecule is COC(=O)c1ccc(NC(=O)Nc2cccc3cccnc23)cc1. The number of nitrogens with one attached hydrogen (secondary N) is 2. The number of para-hydroxylation sites is 1. The van der Waals surface area contributed by atoms with Crippen molar-refractivity contribution < 1.29 is 14.3 Å². The molecule has 0 atom stereocenters. The first kappa shape index (κ1) is 15.5. The van der Waals surface area contributed by atoms with E-state index in [2.05, 4.69) is 20.4 Å². The highest BCUT2D eigenvalue weighted by Gasteiger charge is 2.08. The number of methoxy groups -OCH3 is 1. The molecule has 0 aliphatic carbocycles. The Morgan fingerprint density at radius 1 is 0.958 bits per heavy atom. The summed E-state index contributed by atoms with van der Waals surface area (Å²) in [5.41, 5.74) is 2.32. The summed E-state index contributed by atoms with van der Waals surface area (Å²) in [6.45, 7) is 0. The molecule has 0 saturated heterocycles. The van der Waals surface area contributed by atoms with Gasteiger partial charge in [0.1, 0.15) is 0 Å². The molecule has 2 amide bonds. The Balaban J connectivity index is 1.72. The molecule has 24 heavy (non-hydrogen) atoms. The molecule has 0 radical (unpaired) electrons. The summed E-state index contributed by atoms with van der Waals surface area (Å²) in [5, 5.41) is 6.43. The van der Waals surface area contributed by atoms with Crippen molar-refractivity contribution in [2.24, 2.45) is 0 Å². The molecule has 1 heterocycles. The molecule has 2 aromatic carbocycles. The average molecular weight is 321 g/mol. The van der Waals surface area contributed by atoms with E-state index in [1.54, 1.807) is 36.5 Å². The summed E-state index contributed by atoms with van der Waals surface area (Å²) in [4.78, 5) is 27.8. The lowest BCUT2D eigenvalue weighted by Crippen LogP contribution is -2.19. The molecule has 0 aliphatic heterocycles. The number of amides is 2. The number of esters is 1. The predicted octanol–water partition coefficient (Wildman–Crippen LogP) is 3.67. The number of nitrogens with zero attached hydrogens (tertiary/aromatic N) is 1. The minimum Gasteiger partial charge on any atom is -0.465 e. The zero-order valence-electron chi connectivity index (χ0n) is 12.9. The van der Waals surface area contributed by atoms with Crippen molar-refractivity contribution in [2.45, 2.75) is 0 Å². The molecule has 6 heteroatoms. The number of aromatic nitrogens is 1. The molecule has 3 rings (SSSR count). The Kier molecular flexibility index (Phi) is 4.38. The van der Waals surface area contributed by atoms with E-state index in [0.29, 0.717) is 16.9 Å². The number of carbonyl (C=O) groups excluding carboxylic acids is 2. The summed E-state index contributed by atoms with van der Waals surface area (Å²) in [5.74, 6) is -0.423. The van der Waals surface area contributed by atoms with E-state index in [0.717, 1.165) is 10.9 Å². The van der Waals surface area contributed by atoms with Crippen LogP contribution in [0.25, 0.3) is 10.9 Å². The van der Waals surface area contributed by atoms with Crippen LogP contribution in [0, 0.1) is 0 Å². The van der Waals surface area contributed by atoms with E-state index in [-0.39, 0.29) is 6.03 Å². The molecule has 1 aromatic heterocycles. The van der Waals surface area contributed by atoms with Crippen LogP contribution >= 0.6 is 0 Å². The second kappa shape index (κ2) is 6.78. The number of fused-ring (bicyclic) bond motifs is 1. The fraction of sp³-hybridized carbons (Fsp3) is 0.0556. The fourth-order valence-electron chi connectivity index (χ4n) is 2.30. The number of rotatable bonds is 3. The first-order valence-electron chi connectivity index (χ1n) is 7.27. The van der Waals surface area contributed by atoms with Gasteiger partial charge < -0.3 is 15.4 Å². The molecule has 2 N–H and O–H groups in total. The van der Waals surface area contributed by atoms with Crippen molar-refractivity contribution in [3.8, 4) is 0 Å². The smallest absolute Gasteiger partial charge is 0.337 e. The van der Waals surface area contributed by atoms with Crippen LogP contribution in [-0.2, 0) is 4.74 Å². The van der Waals surface area contributed by atoms with Crippen LogP contribution in [0.5, 0.6) is 0 Å². The van der Waals surface area contributed by atoms with E-state index in [1.807, 2.05) is 24.3 Å². The normalized spacial score (nSPS) is 10.2. The molecular weight excluding hydrogens is 306 g/mol. The quantitative estimate of drug-likeness (QED) is 0.721. The van der Waals surface area contributed by atoms with Gasteiger partial charge in [-0.1, -0.05) is 18.2 Å². The van der Waals surface area contributed by atoms with Crippen LogP contribution in [0.2, 0.25) is 0 Å². The van der Waals surface area contributed by atoms with E-state index in [4.69, 9.17) is 0 Å². The zero-order chi connectivity index (χ0) is 16.9. The summed E-state index contributed by atoms with van der Waals surface area (Å²) in [7, 11) is 1.32. The predicted molar refractivity (Wildman–Crippen MR) is 92.2 cm³/mol. The number of urea groups is 1. The maximum atomic E-state index is 12.2. The van der Waals surface area contributed by atoms with Gasteiger partial charge in [-0.15, -0.1) is 0 Å². The van der Waals surface area contributed by atoms with Crippen LogP contribution in [-0.4, -0.2) is 24.1 Å². The van der Waals surface area contributed by atoms with E-state index in [9.17, 15) is 9.59 Å². The van der Waals surface area contributed by atoms with E-state index in [1.165, 1.54) is 7.11 Å². The van der Waals surface area contributed by atoms with Gasteiger partial charge in [0, 0.05) is 17.3 Å². The van der Waals surface area contributed by atoms with E-state index >= 15 is 0 Å². The van der Waals surface area contributed by atoms with Gasteiger partial charge in [-0.05, 0) is 36.4 Å². The lowest BCUT2D eigenvalue weighted by Gasteiger charge is -2.10. The number of anilines is 2. The van der Waals surface area contributed by atoms with Gasteiger partial charge in [-0.2, -0.15) is 0 Å². The Hall–Kier alpha value is -3.41. The van der Waals surface area contributed by atoms with Crippen molar-refractivity contribution in [3.05, 3.63) is 66.4 Å². The molecule has 0 spiro atoms. The molecule has 3 aromatic rings. The lowest BCUT2D eigenvalue weighted by atomic mass is 10.2. The van der Waals surface area contributed by atoms with Gasteiger partial charge >= 0.3 is 12.0 Å². The molecule has 120 valence electrons. The maximum absolute atomic E-state index is 12.2. The number of hydrogen-bond donors (Lipinski definition) is 2. The minimum atomic E-state index is -0.423. The number of pyridine rings is 1. The highest BCUT2D eigenvalue weighted by molar-refractivity contribution is 6.05. The van der Waals surface area contributed by atoms with Gasteiger partial charge in [0.2, 0.25) is 0 Å². The second-order valence-electron chi connectivity index (χ2n) is 5.03. The van der Waals surface area contributed by atoms with Crippen molar-refractivity contribution in [1.82, 2.24) is 4.98 Å². The maximum Gasteiger partial charge on any atom is 0.337 e. The topological polar surface area (TPSA) is 80.3 Å². The average Bonchev–Trinajstić information content (AvgIpc) is 2.62. The third-order valence-electron chi connectivity index (χ3n) is 3.44. The number of carbonyl (C=O) groups is 2. The fourth-order valence-corrected chi connectivity index (χ4v) is 2.30. The monoisotopic (exact) mass is 321 g/mol. The molecule has 0 saturated carbocycles. The number of hydrogen-bond acceptors (Lipinski definition) is 4. The van der Waals surface area contributed by atoms with Gasteiger partial charge in [0.25, 0.3) is 0 Å². The Morgan fingerprint density at radius 2 is 1.71 bits per heavy atom. The summed E-state index contributed by atoms with van der Waals surface area (Å²) >= 11 is 0. The van der Waals surface area contributed by atoms with Gasteiger partial charge in [0.05, 0.1) is 23.9 Å². The largest absolute Gasteiger partial charge is 0.465 e. The molecule has 0 fully saturated rings. The zero-order valence-corrected chi connectivity index (χ0v) is 12.9. The third-order valence-corrected chi connectivity index (χ3v) is 3.44. The Bertz CT molecular complexity index is 886. The second-order valence-corrected chi connectivity index (χ2v) is 5.03. The number of benzene rings is 2. The van der Waals surface area contributed by atoms with Crippen LogP contribution < -0.4 is 10.6 Å².